The third kappa shape index (κ3) is 6.80. The van der Waals surface area contributed by atoms with Crippen LogP contribution < -0.4 is 19.6 Å². The smallest absolute Gasteiger partial charge is 0.418 e. The quantitative estimate of drug-likeness (QED) is 0.0709. The van der Waals surface area contributed by atoms with E-state index in [9.17, 15) is 22.8 Å². The van der Waals surface area contributed by atoms with Crippen LogP contribution in [0.4, 0.5) is 13.2 Å². The lowest BCUT2D eigenvalue weighted by molar-refractivity contribution is -0.136. The van der Waals surface area contributed by atoms with Crippen molar-refractivity contribution in [1.29, 1.82) is 0 Å². The topological polar surface area (TPSA) is 102 Å². The number of amides is 1. The summed E-state index contributed by atoms with van der Waals surface area (Å²) in [5.74, 6) is -0.938. The zero-order valence-corrected chi connectivity index (χ0v) is 25.7. The number of hydrazone groups is 1. The van der Waals surface area contributed by atoms with Crippen molar-refractivity contribution in [2.24, 2.45) is 5.10 Å². The first-order valence-electron chi connectivity index (χ1n) is 13.6. The molecule has 4 aromatic carbocycles. The average molecular weight is 670 g/mol. The highest BCUT2D eigenvalue weighted by atomic mass is 35.5. The molecule has 1 heterocycles. The van der Waals surface area contributed by atoms with Crippen LogP contribution in [0.3, 0.4) is 0 Å². The van der Waals surface area contributed by atoms with Gasteiger partial charge in [-0.2, -0.15) is 18.3 Å². The number of nitrogens with one attached hydrogen (secondary N) is 2. The number of aromatic amines is 1. The molecule has 0 atom stereocenters. The van der Waals surface area contributed by atoms with Crippen molar-refractivity contribution >= 4 is 52.2 Å². The number of hydrogen-bond donors (Lipinski definition) is 2. The van der Waals surface area contributed by atoms with E-state index < -0.39 is 23.6 Å². The minimum absolute atomic E-state index is 0.109. The zero-order valence-electron chi connectivity index (χ0n) is 24.2. The van der Waals surface area contributed by atoms with Gasteiger partial charge in [-0.15, -0.1) is 0 Å². The maximum atomic E-state index is 13.8. The molecule has 0 saturated heterocycles. The van der Waals surface area contributed by atoms with Gasteiger partial charge in [-0.3, -0.25) is 4.79 Å². The van der Waals surface area contributed by atoms with E-state index in [4.69, 9.17) is 37.4 Å². The minimum Gasteiger partial charge on any atom is -0.496 e. The van der Waals surface area contributed by atoms with E-state index in [0.717, 1.165) is 6.07 Å². The summed E-state index contributed by atoms with van der Waals surface area (Å²) < 4.78 is 57.9. The molecule has 1 amide bonds. The van der Waals surface area contributed by atoms with Crippen molar-refractivity contribution in [1.82, 2.24) is 10.4 Å². The summed E-state index contributed by atoms with van der Waals surface area (Å²) in [6, 6.07) is 19.3. The van der Waals surface area contributed by atoms with Crippen LogP contribution in [0.25, 0.3) is 22.0 Å². The van der Waals surface area contributed by atoms with Crippen LogP contribution >= 0.6 is 23.2 Å². The number of carbonyl (C=O) groups is 2. The number of carbonyl (C=O) groups excluding carboxylic acids is 2. The van der Waals surface area contributed by atoms with Crippen LogP contribution in [0, 0.1) is 0 Å². The molecule has 0 saturated carbocycles. The summed E-state index contributed by atoms with van der Waals surface area (Å²) in [5, 5.41) is 4.72. The second-order valence-corrected chi connectivity index (χ2v) is 10.5. The maximum absolute atomic E-state index is 13.8. The SMILES string of the molecule is CCOc1cc(C=NNC(=O)c2[nH]c3c(C(F)(F)F)cccc3c2-c2ccccc2Cl)ccc1OC(=O)c1cc(Cl)ccc1OC. The Balaban J connectivity index is 1.42. The van der Waals surface area contributed by atoms with Crippen molar-refractivity contribution in [2.75, 3.05) is 13.7 Å². The Morgan fingerprint density at radius 3 is 2.43 bits per heavy atom. The van der Waals surface area contributed by atoms with E-state index in [2.05, 4.69) is 15.5 Å². The summed E-state index contributed by atoms with van der Waals surface area (Å²) in [6.45, 7) is 1.99. The van der Waals surface area contributed by atoms with Crippen molar-refractivity contribution in [2.45, 2.75) is 13.1 Å². The molecule has 5 rings (SSSR count). The fourth-order valence-corrected chi connectivity index (χ4v) is 5.14. The first-order valence-corrected chi connectivity index (χ1v) is 14.4. The van der Waals surface area contributed by atoms with E-state index in [1.165, 1.54) is 43.7 Å². The lowest BCUT2D eigenvalue weighted by Crippen LogP contribution is -2.19. The molecule has 46 heavy (non-hydrogen) atoms. The van der Waals surface area contributed by atoms with Crippen LogP contribution in [0.2, 0.25) is 10.0 Å². The van der Waals surface area contributed by atoms with Crippen LogP contribution in [-0.2, 0) is 6.18 Å². The molecule has 0 unspecified atom stereocenters. The van der Waals surface area contributed by atoms with Crippen LogP contribution in [0.1, 0.15) is 38.9 Å². The molecule has 0 aliphatic carbocycles. The number of hydrogen-bond acceptors (Lipinski definition) is 6. The summed E-state index contributed by atoms with van der Waals surface area (Å²) >= 11 is 12.4. The highest BCUT2D eigenvalue weighted by molar-refractivity contribution is 6.34. The lowest BCUT2D eigenvalue weighted by Gasteiger charge is -2.13. The first kappa shape index (κ1) is 32.4. The highest BCUT2D eigenvalue weighted by Gasteiger charge is 2.35. The molecule has 1 aromatic heterocycles. The first-order chi connectivity index (χ1) is 22.0. The molecular weight excluding hydrogens is 646 g/mol. The Morgan fingerprint density at radius 2 is 1.72 bits per heavy atom. The second-order valence-electron chi connectivity index (χ2n) is 9.65. The number of halogens is 5. The van der Waals surface area contributed by atoms with Crippen molar-refractivity contribution in [3.63, 3.8) is 0 Å². The van der Waals surface area contributed by atoms with Gasteiger partial charge in [-0.25, -0.2) is 10.2 Å². The number of methoxy groups -OCH3 is 1. The molecule has 2 N–H and O–H groups in total. The molecule has 0 aliphatic heterocycles. The maximum Gasteiger partial charge on any atom is 0.418 e. The number of fused-ring (bicyclic) bond motifs is 1. The van der Waals surface area contributed by atoms with Gasteiger partial charge in [0.2, 0.25) is 0 Å². The molecule has 0 aliphatic rings. The van der Waals surface area contributed by atoms with Gasteiger partial charge in [0.25, 0.3) is 5.91 Å². The monoisotopic (exact) mass is 669 g/mol. The molecule has 0 bridgehead atoms. The standard InChI is InChI=1S/C33H24Cl2F3N3O5/c1-3-45-27-15-18(11-13-26(27)46-32(43)22-16-19(34)12-14-25(22)44-2)17-39-41-31(42)30-28(20-7-4-5-10-24(20)35)21-8-6-9-23(29(21)40-30)33(36,37)38/h4-17,40H,3H2,1-2H3,(H,41,42). The van der Waals surface area contributed by atoms with E-state index >= 15 is 0 Å². The molecular formula is C33H24Cl2F3N3O5. The molecule has 236 valence electrons. The van der Waals surface area contributed by atoms with Crippen LogP contribution in [-0.4, -0.2) is 36.8 Å². The van der Waals surface area contributed by atoms with E-state index in [0.29, 0.717) is 16.1 Å². The van der Waals surface area contributed by atoms with Gasteiger partial charge in [-0.1, -0.05) is 53.5 Å². The van der Waals surface area contributed by atoms with E-state index in [1.807, 2.05) is 0 Å². The predicted octanol–water partition coefficient (Wildman–Crippen LogP) is 8.55. The van der Waals surface area contributed by atoms with Crippen molar-refractivity contribution in [3.05, 3.63) is 111 Å². The van der Waals surface area contributed by atoms with Gasteiger partial charge in [0.15, 0.2) is 11.5 Å². The minimum atomic E-state index is -4.67. The van der Waals surface area contributed by atoms with Crippen molar-refractivity contribution in [3.8, 4) is 28.4 Å². The van der Waals surface area contributed by atoms with Crippen LogP contribution in [0.15, 0.2) is 84.0 Å². The molecule has 0 radical (unpaired) electrons. The molecule has 8 nitrogen and oxygen atoms in total. The molecule has 5 aromatic rings. The fourth-order valence-electron chi connectivity index (χ4n) is 4.74. The number of benzene rings is 4. The predicted molar refractivity (Wildman–Crippen MR) is 169 cm³/mol. The number of ether oxygens (including phenoxy) is 3. The number of nitrogens with zero attached hydrogens (tertiary/aromatic N) is 1. The highest BCUT2D eigenvalue weighted by Crippen LogP contribution is 2.41. The summed E-state index contributed by atoms with van der Waals surface area (Å²) in [4.78, 5) is 28.9. The normalized spacial score (nSPS) is 11.5. The van der Waals surface area contributed by atoms with Gasteiger partial charge in [-0.05, 0) is 61.0 Å². The Bertz CT molecular complexity index is 1970. The number of rotatable bonds is 9. The molecule has 13 heteroatoms. The molecule has 0 spiro atoms. The Morgan fingerprint density at radius 1 is 0.957 bits per heavy atom. The van der Waals surface area contributed by atoms with E-state index in [1.54, 1.807) is 49.4 Å². The number of H-pyrrole nitrogens is 1. The van der Waals surface area contributed by atoms with Gasteiger partial charge in [0, 0.05) is 26.6 Å². The summed E-state index contributed by atoms with van der Waals surface area (Å²) in [7, 11) is 1.41. The van der Waals surface area contributed by atoms with Gasteiger partial charge < -0.3 is 19.2 Å². The Labute approximate surface area is 270 Å². The summed E-state index contributed by atoms with van der Waals surface area (Å²) in [5.41, 5.74) is 2.12. The Hall–Kier alpha value is -5.00. The van der Waals surface area contributed by atoms with Crippen molar-refractivity contribution < 1.29 is 37.0 Å². The second kappa shape index (κ2) is 13.6. The van der Waals surface area contributed by atoms with Gasteiger partial charge in [0.1, 0.15) is 17.0 Å². The van der Waals surface area contributed by atoms with Gasteiger partial charge >= 0.3 is 12.1 Å². The zero-order chi connectivity index (χ0) is 33.0. The Kier molecular flexibility index (Phi) is 9.54. The van der Waals surface area contributed by atoms with Gasteiger partial charge in [0.05, 0.1) is 31.0 Å². The van der Waals surface area contributed by atoms with E-state index in [-0.39, 0.29) is 56.6 Å². The van der Waals surface area contributed by atoms with Crippen LogP contribution in [0.5, 0.6) is 17.2 Å². The largest absolute Gasteiger partial charge is 0.496 e. The molecule has 0 fully saturated rings. The lowest BCUT2D eigenvalue weighted by atomic mass is 10.00. The number of para-hydroxylation sites is 1. The number of esters is 1. The fraction of sp³-hybridized carbons (Fsp3) is 0.121. The number of alkyl halides is 3. The third-order valence-electron chi connectivity index (χ3n) is 6.74. The summed E-state index contributed by atoms with van der Waals surface area (Å²) in [6.07, 6.45) is -3.38. The third-order valence-corrected chi connectivity index (χ3v) is 7.31. The number of aromatic nitrogens is 1. The average Bonchev–Trinajstić information content (AvgIpc) is 3.41.